The number of aryl methyl sites for hydroxylation is 1. The maximum Gasteiger partial charge on any atom is 0.168 e. The highest BCUT2D eigenvalue weighted by Gasteiger charge is 2.08. The van der Waals surface area contributed by atoms with Crippen molar-refractivity contribution >= 4 is 11.6 Å². The lowest BCUT2D eigenvalue weighted by Gasteiger charge is -2.10. The van der Waals surface area contributed by atoms with Crippen molar-refractivity contribution in [2.75, 3.05) is 6.54 Å². The lowest BCUT2D eigenvalue weighted by molar-refractivity contribution is 0.440. The van der Waals surface area contributed by atoms with Gasteiger partial charge in [-0.05, 0) is 42.8 Å². The quantitative estimate of drug-likeness (QED) is 0.863. The molecule has 0 unspecified atom stereocenters. The molecule has 20 heavy (non-hydrogen) atoms. The molecular weight excluding hydrogens is 277 g/mol. The lowest BCUT2D eigenvalue weighted by atomic mass is 10.2. The molecule has 0 radical (unpaired) electrons. The first-order valence-electron chi connectivity index (χ1n) is 6.54. The molecule has 0 bridgehead atoms. The number of nitrogens with one attached hydrogen (secondary N) is 1. The Morgan fingerprint density at radius 1 is 1.25 bits per heavy atom. The van der Waals surface area contributed by atoms with Crippen LogP contribution in [0.4, 0.5) is 4.39 Å². The SMILES string of the molecule is CCNCc1ccc(Oc2cccc(C)c2F)cc1Cl. The van der Waals surface area contributed by atoms with E-state index in [4.69, 9.17) is 16.3 Å². The number of rotatable bonds is 5. The van der Waals surface area contributed by atoms with Crippen LogP contribution in [0.5, 0.6) is 11.5 Å². The van der Waals surface area contributed by atoms with Gasteiger partial charge in [0.2, 0.25) is 0 Å². The van der Waals surface area contributed by atoms with Crippen LogP contribution >= 0.6 is 11.6 Å². The minimum Gasteiger partial charge on any atom is -0.454 e. The molecule has 0 saturated carbocycles. The Kier molecular flexibility index (Phi) is 4.99. The Morgan fingerprint density at radius 2 is 2.05 bits per heavy atom. The van der Waals surface area contributed by atoms with E-state index < -0.39 is 0 Å². The summed E-state index contributed by atoms with van der Waals surface area (Å²) < 4.78 is 19.4. The second-order valence-electron chi connectivity index (χ2n) is 4.52. The van der Waals surface area contributed by atoms with Crippen molar-refractivity contribution in [3.05, 3.63) is 58.4 Å². The number of halogens is 2. The molecule has 2 aromatic rings. The molecule has 0 aliphatic carbocycles. The zero-order chi connectivity index (χ0) is 14.5. The molecule has 0 amide bonds. The largest absolute Gasteiger partial charge is 0.454 e. The van der Waals surface area contributed by atoms with Gasteiger partial charge < -0.3 is 10.1 Å². The molecule has 0 spiro atoms. The summed E-state index contributed by atoms with van der Waals surface area (Å²) in [5, 5.41) is 3.81. The first-order chi connectivity index (χ1) is 9.61. The second-order valence-corrected chi connectivity index (χ2v) is 4.93. The predicted molar refractivity (Wildman–Crippen MR) is 80.0 cm³/mol. The lowest BCUT2D eigenvalue weighted by Crippen LogP contribution is -2.11. The van der Waals surface area contributed by atoms with Crippen LogP contribution in [0.1, 0.15) is 18.1 Å². The summed E-state index contributed by atoms with van der Waals surface area (Å²) in [6, 6.07) is 10.4. The fraction of sp³-hybridized carbons (Fsp3) is 0.250. The van der Waals surface area contributed by atoms with Gasteiger partial charge in [-0.1, -0.05) is 36.7 Å². The second kappa shape index (κ2) is 6.73. The summed E-state index contributed by atoms with van der Waals surface area (Å²) in [7, 11) is 0. The Hall–Kier alpha value is -1.58. The van der Waals surface area contributed by atoms with Gasteiger partial charge in [0.25, 0.3) is 0 Å². The molecule has 0 fully saturated rings. The van der Waals surface area contributed by atoms with Crippen molar-refractivity contribution in [1.29, 1.82) is 0 Å². The Bertz CT molecular complexity index is 601. The normalized spacial score (nSPS) is 10.6. The monoisotopic (exact) mass is 293 g/mol. The molecule has 0 heterocycles. The number of ether oxygens (including phenoxy) is 1. The summed E-state index contributed by atoms with van der Waals surface area (Å²) in [6.45, 7) is 5.32. The molecule has 2 aromatic carbocycles. The zero-order valence-corrected chi connectivity index (χ0v) is 12.3. The summed E-state index contributed by atoms with van der Waals surface area (Å²) in [5.74, 6) is 0.389. The van der Waals surface area contributed by atoms with Crippen LogP contribution in [0.2, 0.25) is 5.02 Å². The maximum atomic E-state index is 13.9. The Balaban J connectivity index is 2.18. The smallest absolute Gasteiger partial charge is 0.168 e. The molecule has 2 nitrogen and oxygen atoms in total. The van der Waals surface area contributed by atoms with Crippen molar-refractivity contribution < 1.29 is 9.13 Å². The van der Waals surface area contributed by atoms with Crippen molar-refractivity contribution in [2.24, 2.45) is 0 Å². The van der Waals surface area contributed by atoms with Gasteiger partial charge in [0.15, 0.2) is 11.6 Å². The van der Waals surface area contributed by atoms with Gasteiger partial charge in [-0.3, -0.25) is 0 Å². The van der Waals surface area contributed by atoms with Gasteiger partial charge >= 0.3 is 0 Å². The van der Waals surface area contributed by atoms with Gasteiger partial charge in [0.05, 0.1) is 0 Å². The molecule has 2 rings (SSSR count). The van der Waals surface area contributed by atoms with Crippen LogP contribution in [0, 0.1) is 12.7 Å². The third-order valence-corrected chi connectivity index (χ3v) is 3.33. The van der Waals surface area contributed by atoms with Crippen molar-refractivity contribution in [3.63, 3.8) is 0 Å². The van der Waals surface area contributed by atoms with Crippen molar-refractivity contribution in [1.82, 2.24) is 5.32 Å². The van der Waals surface area contributed by atoms with E-state index in [1.165, 1.54) is 0 Å². The summed E-state index contributed by atoms with van der Waals surface area (Å²) >= 11 is 6.19. The van der Waals surface area contributed by atoms with Crippen molar-refractivity contribution in [2.45, 2.75) is 20.4 Å². The zero-order valence-electron chi connectivity index (χ0n) is 11.5. The van der Waals surface area contributed by atoms with Crippen LogP contribution in [-0.4, -0.2) is 6.54 Å². The molecule has 0 saturated heterocycles. The van der Waals surface area contributed by atoms with Gasteiger partial charge in [-0.25, -0.2) is 4.39 Å². The van der Waals surface area contributed by atoms with Crippen LogP contribution in [0.15, 0.2) is 36.4 Å². The van der Waals surface area contributed by atoms with Crippen LogP contribution in [0.25, 0.3) is 0 Å². The maximum absolute atomic E-state index is 13.9. The van der Waals surface area contributed by atoms with E-state index in [1.807, 2.05) is 13.0 Å². The number of hydrogen-bond acceptors (Lipinski definition) is 2. The van der Waals surface area contributed by atoms with E-state index in [9.17, 15) is 4.39 Å². The minimum absolute atomic E-state index is 0.209. The number of hydrogen-bond donors (Lipinski definition) is 1. The van der Waals surface area contributed by atoms with E-state index in [2.05, 4.69) is 5.32 Å². The third kappa shape index (κ3) is 3.50. The molecular formula is C16H17ClFNO. The topological polar surface area (TPSA) is 21.3 Å². The highest BCUT2D eigenvalue weighted by molar-refractivity contribution is 6.31. The predicted octanol–water partition coefficient (Wildman–Crippen LogP) is 4.69. The summed E-state index contributed by atoms with van der Waals surface area (Å²) in [4.78, 5) is 0. The van der Waals surface area contributed by atoms with Crippen LogP contribution < -0.4 is 10.1 Å². The molecule has 0 atom stereocenters. The molecule has 1 N–H and O–H groups in total. The Labute approximate surface area is 123 Å². The highest BCUT2D eigenvalue weighted by atomic mass is 35.5. The molecule has 0 aromatic heterocycles. The van der Waals surface area contributed by atoms with Crippen LogP contribution in [-0.2, 0) is 6.54 Å². The van der Waals surface area contributed by atoms with Crippen molar-refractivity contribution in [3.8, 4) is 11.5 Å². The standard InChI is InChI=1S/C16H17ClFNO/c1-3-19-10-12-7-8-13(9-14(12)17)20-15-6-4-5-11(2)16(15)18/h4-9,19H,3,10H2,1-2H3. The van der Waals surface area contributed by atoms with Crippen LogP contribution in [0.3, 0.4) is 0 Å². The van der Waals surface area contributed by atoms with Gasteiger partial charge in [-0.2, -0.15) is 0 Å². The molecule has 0 aliphatic rings. The third-order valence-electron chi connectivity index (χ3n) is 2.97. The van der Waals surface area contributed by atoms with Gasteiger partial charge in [-0.15, -0.1) is 0 Å². The first kappa shape index (κ1) is 14.8. The average Bonchev–Trinajstić information content (AvgIpc) is 2.43. The Morgan fingerprint density at radius 3 is 2.75 bits per heavy atom. The molecule has 4 heteroatoms. The van der Waals surface area contributed by atoms with E-state index >= 15 is 0 Å². The summed E-state index contributed by atoms with van der Waals surface area (Å²) in [5.41, 5.74) is 1.54. The van der Waals surface area contributed by atoms with Gasteiger partial charge in [0.1, 0.15) is 5.75 Å². The number of benzene rings is 2. The first-order valence-corrected chi connectivity index (χ1v) is 6.91. The average molecular weight is 294 g/mol. The van der Waals surface area contributed by atoms with E-state index in [0.29, 0.717) is 22.9 Å². The fourth-order valence-corrected chi connectivity index (χ4v) is 2.06. The summed E-state index contributed by atoms with van der Waals surface area (Å²) in [6.07, 6.45) is 0. The van der Waals surface area contributed by atoms with Gasteiger partial charge in [0, 0.05) is 11.6 Å². The molecule has 106 valence electrons. The fourth-order valence-electron chi connectivity index (χ4n) is 1.82. The highest BCUT2D eigenvalue weighted by Crippen LogP contribution is 2.29. The van der Waals surface area contributed by atoms with E-state index in [1.54, 1.807) is 37.3 Å². The van der Waals surface area contributed by atoms with E-state index in [-0.39, 0.29) is 11.6 Å². The molecule has 0 aliphatic heterocycles. The van der Waals surface area contributed by atoms with E-state index in [0.717, 1.165) is 12.1 Å². The minimum atomic E-state index is -0.347.